The first-order chi connectivity index (χ1) is 48.5. The van der Waals surface area contributed by atoms with Gasteiger partial charge in [-0.05, 0) is 75.3 Å². The van der Waals surface area contributed by atoms with Gasteiger partial charge in [-0.25, -0.2) is 0 Å². The molecule has 2 aromatic rings. The second kappa shape index (κ2) is 42.4. The molecule has 8 atom stereocenters. The number of fused-ring (bicyclic) bond motifs is 1. The van der Waals surface area contributed by atoms with Crippen LogP contribution in [0.4, 0.5) is 0 Å². The summed E-state index contributed by atoms with van der Waals surface area (Å²) in [6, 6.07) is 5.67. The Morgan fingerprint density at radius 3 is 1.55 bits per heavy atom. The van der Waals surface area contributed by atoms with Crippen molar-refractivity contribution in [3.05, 3.63) is 71.8 Å². The van der Waals surface area contributed by atoms with E-state index >= 15 is 14.4 Å². The van der Waals surface area contributed by atoms with E-state index in [1.165, 1.54) is 23.8 Å². The molecule has 102 heavy (non-hydrogen) atoms. The summed E-state index contributed by atoms with van der Waals surface area (Å²) in [5, 5.41) is 59.7. The van der Waals surface area contributed by atoms with E-state index in [0.717, 1.165) is 0 Å². The number of rotatable bonds is 25. The lowest BCUT2D eigenvalue weighted by molar-refractivity contribution is -0.148. The summed E-state index contributed by atoms with van der Waals surface area (Å²) in [5.41, 5.74) is 12.3. The number of nitrogens with two attached hydrogens (primary N) is 2. The van der Waals surface area contributed by atoms with Gasteiger partial charge in [0, 0.05) is 91.9 Å². The zero-order chi connectivity index (χ0) is 75.0. The molecule has 3 heterocycles. The average molecular weight is 1430 g/mol. The Labute approximate surface area is 592 Å². The first-order valence-corrected chi connectivity index (χ1v) is 34.3. The molecule has 2 aromatic carbocycles. The third-order valence-corrected chi connectivity index (χ3v) is 17.5. The van der Waals surface area contributed by atoms with Gasteiger partial charge in [-0.15, -0.1) is 0 Å². The second-order valence-corrected chi connectivity index (χ2v) is 26.2. The van der Waals surface area contributed by atoms with Crippen molar-refractivity contribution in [1.29, 1.82) is 0 Å². The van der Waals surface area contributed by atoms with Gasteiger partial charge in [0.25, 0.3) is 0 Å². The zero-order valence-corrected chi connectivity index (χ0v) is 58.4. The van der Waals surface area contributed by atoms with Crippen molar-refractivity contribution in [2.75, 3.05) is 112 Å². The minimum absolute atomic E-state index is 0.0226. The van der Waals surface area contributed by atoms with E-state index in [9.17, 15) is 73.2 Å². The summed E-state index contributed by atoms with van der Waals surface area (Å²) in [7, 11) is 1.37. The number of hydrogen-bond acceptors (Lipinski definition) is 19. The van der Waals surface area contributed by atoms with Gasteiger partial charge >= 0.3 is 23.9 Å². The third-order valence-electron chi connectivity index (χ3n) is 17.5. The van der Waals surface area contributed by atoms with Crippen molar-refractivity contribution in [1.82, 2.24) is 71.9 Å². The highest BCUT2D eigenvalue weighted by atomic mass is 16.4. The van der Waals surface area contributed by atoms with E-state index in [0.29, 0.717) is 17.5 Å². The number of likely N-dealkylation sites (N-methyl/N-ethyl adjacent to an activating group) is 1. The number of amides is 10. The number of nitrogens with zero attached hydrogens (tertiary/aromatic N) is 7. The number of carbonyl (C=O) groups excluding carboxylic acids is 10. The van der Waals surface area contributed by atoms with Crippen LogP contribution in [0.2, 0.25) is 0 Å². The van der Waals surface area contributed by atoms with Crippen molar-refractivity contribution in [2.45, 2.75) is 140 Å². The minimum Gasteiger partial charge on any atom is -0.481 e. The van der Waals surface area contributed by atoms with Gasteiger partial charge in [-0.1, -0.05) is 74.5 Å². The Morgan fingerprint density at radius 2 is 1.03 bits per heavy atom. The van der Waals surface area contributed by atoms with Crippen molar-refractivity contribution < 1.29 is 87.5 Å². The Hall–Kier alpha value is -9.87. The molecule has 3 aliphatic rings. The molecule has 562 valence electrons. The number of carboxylic acids is 4. The van der Waals surface area contributed by atoms with E-state index < -0.39 is 144 Å². The Morgan fingerprint density at radius 1 is 0.539 bits per heavy atom. The van der Waals surface area contributed by atoms with Crippen molar-refractivity contribution in [2.24, 2.45) is 22.4 Å². The van der Waals surface area contributed by atoms with Crippen LogP contribution in [0.3, 0.4) is 0 Å². The molecule has 0 radical (unpaired) electrons. The maximum Gasteiger partial charge on any atom is 0.317 e. The molecule has 3 fully saturated rings. The first-order valence-electron chi connectivity index (χ1n) is 34.3. The lowest BCUT2D eigenvalue weighted by Crippen LogP contribution is -2.60. The van der Waals surface area contributed by atoms with Gasteiger partial charge in [0.05, 0.1) is 39.1 Å². The molecule has 0 aliphatic carbocycles. The highest BCUT2D eigenvalue weighted by Crippen LogP contribution is 2.24. The Kier molecular flexibility index (Phi) is 34.4. The molecule has 0 bridgehead atoms. The number of guanidine groups is 1. The first kappa shape index (κ1) is 82.8. The molecular weight excluding hydrogens is 1330 g/mol. The lowest BCUT2D eigenvalue weighted by Gasteiger charge is -2.35. The van der Waals surface area contributed by atoms with Crippen LogP contribution in [-0.4, -0.2) is 299 Å². The maximum absolute atomic E-state index is 15.3. The van der Waals surface area contributed by atoms with E-state index in [4.69, 9.17) is 11.5 Å². The minimum atomic E-state index is -1.81. The van der Waals surface area contributed by atoms with Gasteiger partial charge in [0.2, 0.25) is 59.1 Å². The van der Waals surface area contributed by atoms with Crippen molar-refractivity contribution >= 4 is 88.9 Å². The molecule has 0 unspecified atom stereocenters. The zero-order valence-electron chi connectivity index (χ0n) is 58.4. The van der Waals surface area contributed by atoms with Crippen LogP contribution in [0.1, 0.15) is 89.7 Å². The monoisotopic (exact) mass is 1430 g/mol. The molecule has 35 nitrogen and oxygen atoms in total. The van der Waals surface area contributed by atoms with Gasteiger partial charge < -0.3 is 84.2 Å². The van der Waals surface area contributed by atoms with E-state index in [1.807, 2.05) is 0 Å². The average Bonchev–Trinajstić information content (AvgIpc) is 1.57. The summed E-state index contributed by atoms with van der Waals surface area (Å²) >= 11 is 0. The van der Waals surface area contributed by atoms with Gasteiger partial charge in [0.15, 0.2) is 5.96 Å². The van der Waals surface area contributed by atoms with E-state index in [1.54, 1.807) is 94.1 Å². The summed E-state index contributed by atoms with van der Waals surface area (Å²) in [5.74, 6) is -13.8. The molecule has 16 N–H and O–H groups in total. The number of nitrogens with one attached hydrogen (secondary N) is 8. The summed E-state index contributed by atoms with van der Waals surface area (Å²) in [4.78, 5) is 205. The number of carbonyl (C=O) groups is 14. The number of aliphatic carboxylic acids is 4. The SMILES string of the molecule is CC(C)C[C@@H]1NC(=O)[C@H](CC(=O)O)NC(=O)CNC(=O)[C@H](CCCN=C(N)N)NC(=O)[C@H](Cc2ccccc2)NC(=O)[C@H](CCCCNC(=O)CN2CCN(CC(=O)O)CCN(CC(=O)O)CCN(CC(=O)O)CC2)N(C)C(=O)[C@H]2CCCN2C(=O)[C@H](Cc2ccccc2)NC(=O)[C@H](C)NC1=O. The molecule has 3 saturated heterocycles. The molecule has 3 aliphatic heterocycles. The van der Waals surface area contributed by atoms with Crippen LogP contribution in [0.15, 0.2) is 65.7 Å². The van der Waals surface area contributed by atoms with Gasteiger partial charge in [-0.2, -0.15) is 0 Å². The largest absolute Gasteiger partial charge is 0.481 e. The van der Waals surface area contributed by atoms with Crippen LogP contribution in [0.5, 0.6) is 0 Å². The molecule has 35 heteroatoms. The van der Waals surface area contributed by atoms with Crippen LogP contribution in [0, 0.1) is 5.92 Å². The normalized spacial score (nSPS) is 23.3. The molecule has 0 spiro atoms. The lowest BCUT2D eigenvalue weighted by atomic mass is 10.0. The number of unbranched alkanes of at least 4 members (excludes halogenated alkanes) is 1. The van der Waals surface area contributed by atoms with Crippen molar-refractivity contribution in [3.8, 4) is 0 Å². The molecule has 10 amide bonds. The fourth-order valence-electron chi connectivity index (χ4n) is 12.1. The highest BCUT2D eigenvalue weighted by Gasteiger charge is 2.43. The predicted octanol–water partition coefficient (Wildman–Crippen LogP) is -4.32. The third kappa shape index (κ3) is 29.4. The van der Waals surface area contributed by atoms with Crippen LogP contribution in [0.25, 0.3) is 0 Å². The Bertz CT molecular complexity index is 3200. The molecular formula is C67H101N17O18. The maximum atomic E-state index is 15.3. The number of aliphatic imine (C=N–C) groups is 1. The molecule has 0 aromatic heterocycles. The Balaban J connectivity index is 1.51. The topological polar surface area (TPSA) is 500 Å². The van der Waals surface area contributed by atoms with Crippen molar-refractivity contribution in [3.63, 3.8) is 0 Å². The van der Waals surface area contributed by atoms with Gasteiger partial charge in [0.1, 0.15) is 48.3 Å². The predicted molar refractivity (Wildman–Crippen MR) is 369 cm³/mol. The fraction of sp³-hybridized carbons (Fsp3) is 0.597. The summed E-state index contributed by atoms with van der Waals surface area (Å²) in [6.45, 7) is 4.12. The second-order valence-electron chi connectivity index (χ2n) is 26.2. The number of benzene rings is 2. The van der Waals surface area contributed by atoms with E-state index in [-0.39, 0.29) is 168 Å². The summed E-state index contributed by atoms with van der Waals surface area (Å²) in [6.07, 6.45) is -0.650. The number of hydrogen-bond donors (Lipinski definition) is 14. The van der Waals surface area contributed by atoms with Gasteiger partial charge in [-0.3, -0.25) is 91.7 Å². The smallest absolute Gasteiger partial charge is 0.317 e. The fourth-order valence-corrected chi connectivity index (χ4v) is 12.1. The quantitative estimate of drug-likeness (QED) is 0.0254. The van der Waals surface area contributed by atoms with E-state index in [2.05, 4.69) is 47.5 Å². The van der Waals surface area contributed by atoms with Crippen LogP contribution < -0.4 is 54.0 Å². The van der Waals surface area contributed by atoms with Crippen LogP contribution in [-0.2, 0) is 80.0 Å². The highest BCUT2D eigenvalue weighted by molar-refractivity contribution is 5.99. The molecule has 5 rings (SSSR count). The van der Waals surface area contributed by atoms with Crippen LogP contribution >= 0.6 is 0 Å². The molecule has 0 saturated carbocycles. The standard InChI is InChI=1S/C67H101N17O18/c1-42(2)33-47-61(97)73-43(3)59(95)78-50(35-45-17-9-6-10-18-45)65(101)84-24-14-21-52(84)66(102)79(4)51(20-11-12-22-70-54(86)38-80-25-27-81(39-56(89)90)29-31-83(41-58(93)94)32-30-82(28-26-80)40-57(91)92)64(100)77-48(34-44-15-7-5-8-16-44)62(98)75-46(19-13-23-71-67(68)69)60(96)72-37-53(85)74-49(36-55(87)88)63(99)76-47/h5-10,15-18,42-43,46-52H,11-14,19-41H2,1-4H3,(H,70,86)(H,72,96)(H,73,97)(H,74,85)(H,75,98)(H,76,99)(H,77,100)(H,78,95)(H,87,88)(H,89,90)(H,91,92)(H,93,94)(H4,68,69,71)/t43-,46-,47-,48-,49-,50-,51-,52+/m0/s1. The summed E-state index contributed by atoms with van der Waals surface area (Å²) < 4.78 is 0. The number of carboxylic acid groups (broad SMARTS) is 4.